The van der Waals surface area contributed by atoms with Crippen LogP contribution in [-0.4, -0.2) is 54.7 Å². The van der Waals surface area contributed by atoms with Crippen LogP contribution in [0.2, 0.25) is 0 Å². The molecule has 0 spiro atoms. The van der Waals surface area contributed by atoms with Crippen LogP contribution in [0, 0.1) is 0 Å². The summed E-state index contributed by atoms with van der Waals surface area (Å²) in [5, 5.41) is 0. The largest absolute Gasteiger partial charge is 0.443 e. The smallest absolute Gasteiger partial charge is 0.410 e. The van der Waals surface area contributed by atoms with Gasteiger partial charge in [-0.15, -0.1) is 0 Å². The molecule has 0 radical (unpaired) electrons. The molecule has 1 atom stereocenters. The van der Waals surface area contributed by atoms with Crippen molar-refractivity contribution < 1.29 is 9.53 Å². The van der Waals surface area contributed by atoms with E-state index in [1.165, 1.54) is 32.4 Å². The molecule has 2 aliphatic heterocycles. The Balaban J connectivity index is 1.78. The van der Waals surface area contributed by atoms with E-state index < -0.39 is 0 Å². The highest BCUT2D eigenvalue weighted by atomic mass is 16.6. The quantitative estimate of drug-likeness (QED) is 0.707. The first-order valence-corrected chi connectivity index (χ1v) is 5.97. The zero-order valence-electron chi connectivity index (χ0n) is 9.45. The maximum absolute atomic E-state index is 11.3. The highest BCUT2D eigenvalue weighted by Gasteiger charge is 2.31. The summed E-state index contributed by atoms with van der Waals surface area (Å²) >= 11 is 0. The van der Waals surface area contributed by atoms with E-state index in [2.05, 4.69) is 4.90 Å². The number of rotatable bonds is 3. The van der Waals surface area contributed by atoms with Gasteiger partial charge in [-0.3, -0.25) is 4.90 Å². The van der Waals surface area contributed by atoms with Crippen molar-refractivity contribution in [1.82, 2.24) is 9.80 Å². The topological polar surface area (TPSA) is 32.8 Å². The molecule has 0 bridgehead atoms. The van der Waals surface area contributed by atoms with E-state index in [9.17, 15) is 4.79 Å². The molecule has 4 heteroatoms. The van der Waals surface area contributed by atoms with Crippen molar-refractivity contribution in [1.29, 1.82) is 0 Å². The van der Waals surface area contributed by atoms with E-state index >= 15 is 0 Å². The van der Waals surface area contributed by atoms with Gasteiger partial charge in [-0.1, -0.05) is 6.42 Å². The first-order valence-electron chi connectivity index (χ1n) is 5.97. The number of hydrogen-bond donors (Lipinski definition) is 0. The number of likely N-dealkylation sites (tertiary alicyclic amines) is 1. The summed E-state index contributed by atoms with van der Waals surface area (Å²) in [6.45, 7) is 6.77. The Bertz CT molecular complexity index is 227. The number of nitrogens with zero attached hydrogens (tertiary/aromatic N) is 2. The van der Waals surface area contributed by atoms with E-state index in [1.807, 2.05) is 6.92 Å². The number of amides is 1. The fraction of sp³-hybridized carbons (Fsp3) is 0.909. The average Bonchev–Trinajstić information content (AvgIpc) is 2.60. The molecule has 2 fully saturated rings. The lowest BCUT2D eigenvalue weighted by atomic mass is 10.1. The second-order valence-corrected chi connectivity index (χ2v) is 4.41. The van der Waals surface area contributed by atoms with Crippen LogP contribution < -0.4 is 0 Å². The fourth-order valence-corrected chi connectivity index (χ4v) is 2.36. The Morgan fingerprint density at radius 3 is 2.67 bits per heavy atom. The molecule has 0 N–H and O–H groups in total. The highest BCUT2D eigenvalue weighted by molar-refractivity contribution is 5.69. The van der Waals surface area contributed by atoms with Crippen LogP contribution in [0.25, 0.3) is 0 Å². The van der Waals surface area contributed by atoms with Crippen LogP contribution in [0.3, 0.4) is 0 Å². The zero-order valence-corrected chi connectivity index (χ0v) is 9.45. The Morgan fingerprint density at radius 2 is 2.07 bits per heavy atom. The van der Waals surface area contributed by atoms with Gasteiger partial charge in [0.2, 0.25) is 0 Å². The Hall–Kier alpha value is -0.770. The molecule has 1 amide bonds. The van der Waals surface area contributed by atoms with E-state index in [0.717, 1.165) is 19.6 Å². The summed E-state index contributed by atoms with van der Waals surface area (Å²) in [4.78, 5) is 15.5. The van der Waals surface area contributed by atoms with Gasteiger partial charge in [-0.05, 0) is 32.9 Å². The Kier molecular flexibility index (Phi) is 3.46. The van der Waals surface area contributed by atoms with E-state index in [0.29, 0.717) is 0 Å². The minimum atomic E-state index is -0.139. The number of carbonyl (C=O) groups excluding carboxylic acids is 1. The van der Waals surface area contributed by atoms with Crippen molar-refractivity contribution in [3.8, 4) is 0 Å². The van der Waals surface area contributed by atoms with Crippen molar-refractivity contribution in [2.75, 3.05) is 32.7 Å². The Morgan fingerprint density at radius 1 is 1.33 bits per heavy atom. The van der Waals surface area contributed by atoms with Crippen molar-refractivity contribution in [2.45, 2.75) is 32.3 Å². The van der Waals surface area contributed by atoms with Crippen LogP contribution in [0.15, 0.2) is 0 Å². The van der Waals surface area contributed by atoms with Gasteiger partial charge in [0.15, 0.2) is 0 Å². The molecular formula is C11H20N2O2. The minimum Gasteiger partial charge on any atom is -0.443 e. The molecular weight excluding hydrogens is 192 g/mol. The number of hydrogen-bond acceptors (Lipinski definition) is 3. The van der Waals surface area contributed by atoms with Gasteiger partial charge < -0.3 is 9.64 Å². The molecule has 0 saturated carbocycles. The molecule has 0 aromatic carbocycles. The normalized spacial score (nSPS) is 28.2. The summed E-state index contributed by atoms with van der Waals surface area (Å²) in [5.41, 5.74) is 0. The van der Waals surface area contributed by atoms with Crippen LogP contribution in [-0.2, 0) is 4.74 Å². The maximum atomic E-state index is 11.3. The van der Waals surface area contributed by atoms with Gasteiger partial charge in [0.1, 0.15) is 6.10 Å². The van der Waals surface area contributed by atoms with Crippen molar-refractivity contribution in [2.24, 2.45) is 0 Å². The molecule has 86 valence electrons. The lowest BCUT2D eigenvalue weighted by molar-refractivity contribution is 0.0991. The summed E-state index contributed by atoms with van der Waals surface area (Å²) in [7, 11) is 0. The molecule has 2 aliphatic rings. The van der Waals surface area contributed by atoms with Crippen LogP contribution in [0.5, 0.6) is 0 Å². The van der Waals surface area contributed by atoms with Crippen molar-refractivity contribution in [3.05, 3.63) is 0 Å². The van der Waals surface area contributed by atoms with Gasteiger partial charge in [-0.2, -0.15) is 0 Å². The Labute approximate surface area is 91.2 Å². The number of likely N-dealkylation sites (N-methyl/N-ethyl adjacent to an activating group) is 1. The molecule has 2 saturated heterocycles. The second kappa shape index (κ2) is 4.84. The standard InChI is InChI=1S/C11H20N2O2/c1-2-13-9-10(15-11(13)14)8-12-6-4-3-5-7-12/h10H,2-9H2,1H3. The minimum absolute atomic E-state index is 0.0931. The number of piperidine rings is 1. The lowest BCUT2D eigenvalue weighted by Crippen LogP contribution is -2.38. The van der Waals surface area contributed by atoms with Crippen LogP contribution in [0.4, 0.5) is 4.79 Å². The number of carbonyl (C=O) groups is 1. The van der Waals surface area contributed by atoms with Gasteiger partial charge >= 0.3 is 6.09 Å². The molecule has 2 heterocycles. The second-order valence-electron chi connectivity index (χ2n) is 4.41. The molecule has 4 nitrogen and oxygen atoms in total. The molecule has 0 aromatic rings. The van der Waals surface area contributed by atoms with Crippen molar-refractivity contribution >= 4 is 6.09 Å². The predicted molar refractivity (Wildman–Crippen MR) is 57.8 cm³/mol. The van der Waals surface area contributed by atoms with Crippen LogP contribution in [0.1, 0.15) is 26.2 Å². The summed E-state index contributed by atoms with van der Waals surface area (Å²) in [5.74, 6) is 0. The van der Waals surface area contributed by atoms with E-state index in [-0.39, 0.29) is 12.2 Å². The molecule has 2 rings (SSSR count). The summed E-state index contributed by atoms with van der Waals surface area (Å²) < 4.78 is 5.31. The monoisotopic (exact) mass is 212 g/mol. The van der Waals surface area contributed by atoms with Crippen molar-refractivity contribution in [3.63, 3.8) is 0 Å². The third-order valence-corrected chi connectivity index (χ3v) is 3.24. The first kappa shape index (κ1) is 10.7. The maximum Gasteiger partial charge on any atom is 0.410 e. The van der Waals surface area contributed by atoms with E-state index in [1.54, 1.807) is 4.90 Å². The van der Waals surface area contributed by atoms with Crippen LogP contribution >= 0.6 is 0 Å². The lowest BCUT2D eigenvalue weighted by Gasteiger charge is -2.27. The third kappa shape index (κ3) is 2.62. The van der Waals surface area contributed by atoms with Gasteiger partial charge in [0, 0.05) is 13.1 Å². The summed E-state index contributed by atoms with van der Waals surface area (Å²) in [6.07, 6.45) is 3.88. The first-order chi connectivity index (χ1) is 7.29. The number of ether oxygens (including phenoxy) is 1. The SMILES string of the molecule is CCN1CC(CN2CCCCC2)OC1=O. The highest BCUT2D eigenvalue weighted by Crippen LogP contribution is 2.15. The predicted octanol–water partition coefficient (Wildman–Crippen LogP) is 1.31. The van der Waals surface area contributed by atoms with Gasteiger partial charge in [0.05, 0.1) is 6.54 Å². The van der Waals surface area contributed by atoms with Gasteiger partial charge in [-0.25, -0.2) is 4.79 Å². The van der Waals surface area contributed by atoms with E-state index in [4.69, 9.17) is 4.74 Å². The summed E-state index contributed by atoms with van der Waals surface area (Å²) in [6, 6.07) is 0. The number of cyclic esters (lactones) is 1. The molecule has 0 aromatic heterocycles. The average molecular weight is 212 g/mol. The third-order valence-electron chi connectivity index (χ3n) is 3.24. The molecule has 15 heavy (non-hydrogen) atoms. The molecule has 0 aliphatic carbocycles. The zero-order chi connectivity index (χ0) is 10.7. The fourth-order valence-electron chi connectivity index (χ4n) is 2.36. The molecule has 1 unspecified atom stereocenters. The van der Waals surface area contributed by atoms with Gasteiger partial charge in [0.25, 0.3) is 0 Å².